The molecule has 0 radical (unpaired) electrons. The van der Waals surface area contributed by atoms with E-state index in [1.165, 1.54) is 12.1 Å². The molecule has 2 aromatic carbocycles. The van der Waals surface area contributed by atoms with Crippen LogP contribution in [0.4, 0.5) is 16.0 Å². The van der Waals surface area contributed by atoms with E-state index in [9.17, 15) is 9.18 Å². The van der Waals surface area contributed by atoms with Gasteiger partial charge in [0.25, 0.3) is 0 Å². The molecule has 9 heteroatoms. The van der Waals surface area contributed by atoms with Gasteiger partial charge in [-0.2, -0.15) is 0 Å². The smallest absolute Gasteiger partial charge is 0.223 e. The van der Waals surface area contributed by atoms with E-state index >= 15 is 0 Å². The van der Waals surface area contributed by atoms with Crippen molar-refractivity contribution in [2.75, 3.05) is 5.32 Å². The molecule has 30 heavy (non-hydrogen) atoms. The lowest BCUT2D eigenvalue weighted by molar-refractivity contribution is -0.117. The van der Waals surface area contributed by atoms with Gasteiger partial charge in [0.05, 0.1) is 28.2 Å². The Kier molecular flexibility index (Phi) is 5.24. The van der Waals surface area contributed by atoms with Crippen molar-refractivity contribution in [3.05, 3.63) is 71.3 Å². The number of imidazole rings is 1. The Bertz CT molecular complexity index is 1260. The lowest BCUT2D eigenvalue weighted by atomic mass is 10.2. The van der Waals surface area contributed by atoms with Crippen LogP contribution in [0.25, 0.3) is 11.0 Å². The van der Waals surface area contributed by atoms with Gasteiger partial charge in [-0.05, 0) is 36.4 Å². The van der Waals surface area contributed by atoms with Gasteiger partial charge in [-0.25, -0.2) is 9.37 Å². The van der Waals surface area contributed by atoms with E-state index in [1.807, 2.05) is 23.7 Å². The third-order valence-electron chi connectivity index (χ3n) is 4.41. The van der Waals surface area contributed by atoms with Crippen molar-refractivity contribution in [2.24, 2.45) is 12.8 Å². The zero-order valence-electron chi connectivity index (χ0n) is 15.9. The van der Waals surface area contributed by atoms with Crippen molar-refractivity contribution in [1.82, 2.24) is 14.5 Å². The van der Waals surface area contributed by atoms with E-state index in [2.05, 4.69) is 15.3 Å². The maximum absolute atomic E-state index is 13.4. The fraction of sp³-hybridized carbons (Fsp3) is 0.0952. The number of aromatic nitrogens is 3. The summed E-state index contributed by atoms with van der Waals surface area (Å²) in [6.07, 6.45) is 1.60. The molecule has 0 spiro atoms. The van der Waals surface area contributed by atoms with Crippen LogP contribution in [0.3, 0.4) is 0 Å². The molecule has 0 aliphatic carbocycles. The number of ether oxygens (including phenoxy) is 1. The van der Waals surface area contributed by atoms with Gasteiger partial charge in [-0.15, -0.1) is 0 Å². The van der Waals surface area contributed by atoms with E-state index in [0.717, 1.165) is 5.52 Å². The largest absolute Gasteiger partial charge is 0.457 e. The molecule has 7 nitrogen and oxygen atoms in total. The number of fused-ring (bicyclic) bond motifs is 1. The first-order chi connectivity index (χ1) is 14.4. The SMILES string of the molecule is Cn1c(Nc2ccc(F)c(Cl)c2)nc2cc(Oc3ccnc(CC(N)=O)c3)ccc21. The summed E-state index contributed by atoms with van der Waals surface area (Å²) in [4.78, 5) is 19.8. The van der Waals surface area contributed by atoms with Crippen LogP contribution in [-0.4, -0.2) is 20.4 Å². The van der Waals surface area contributed by atoms with Gasteiger partial charge < -0.3 is 20.4 Å². The fourth-order valence-electron chi connectivity index (χ4n) is 2.99. The highest BCUT2D eigenvalue weighted by Crippen LogP contribution is 2.29. The first kappa shape index (κ1) is 19.7. The first-order valence-electron chi connectivity index (χ1n) is 8.98. The second-order valence-electron chi connectivity index (χ2n) is 6.63. The molecule has 0 saturated heterocycles. The molecule has 0 aliphatic heterocycles. The molecule has 2 aromatic heterocycles. The molecule has 0 fully saturated rings. The number of halogens is 2. The van der Waals surface area contributed by atoms with Crippen molar-refractivity contribution >= 4 is 40.2 Å². The normalized spacial score (nSPS) is 10.9. The fourth-order valence-corrected chi connectivity index (χ4v) is 3.17. The topological polar surface area (TPSA) is 95.1 Å². The Hall–Kier alpha value is -3.65. The first-order valence-corrected chi connectivity index (χ1v) is 9.36. The third kappa shape index (κ3) is 4.18. The van der Waals surface area contributed by atoms with Gasteiger partial charge >= 0.3 is 0 Å². The van der Waals surface area contributed by atoms with Crippen molar-refractivity contribution in [3.8, 4) is 11.5 Å². The number of nitrogens with zero attached hydrogens (tertiary/aromatic N) is 3. The molecule has 4 rings (SSSR count). The molecule has 3 N–H and O–H groups in total. The van der Waals surface area contributed by atoms with Crippen LogP contribution < -0.4 is 15.8 Å². The number of hydrogen-bond acceptors (Lipinski definition) is 5. The number of nitrogens with one attached hydrogen (secondary N) is 1. The molecule has 2 heterocycles. The molecule has 0 unspecified atom stereocenters. The number of carbonyl (C=O) groups is 1. The number of benzene rings is 2. The lowest BCUT2D eigenvalue weighted by Gasteiger charge is -2.07. The van der Waals surface area contributed by atoms with Gasteiger partial charge in [0.1, 0.15) is 17.3 Å². The molecule has 4 aromatic rings. The Morgan fingerprint density at radius 3 is 2.77 bits per heavy atom. The van der Waals surface area contributed by atoms with Gasteiger partial charge in [-0.1, -0.05) is 11.6 Å². The summed E-state index contributed by atoms with van der Waals surface area (Å²) in [5.41, 5.74) is 7.95. The van der Waals surface area contributed by atoms with Gasteiger partial charge in [-0.3, -0.25) is 9.78 Å². The number of carbonyl (C=O) groups excluding carboxylic acids is 1. The Balaban J connectivity index is 1.59. The second kappa shape index (κ2) is 8.00. The van der Waals surface area contributed by atoms with Crippen LogP contribution in [-0.2, 0) is 18.3 Å². The number of primary amides is 1. The summed E-state index contributed by atoms with van der Waals surface area (Å²) >= 11 is 5.85. The number of aryl methyl sites for hydroxylation is 1. The molecule has 0 atom stereocenters. The monoisotopic (exact) mass is 425 g/mol. The Morgan fingerprint density at radius 2 is 2.00 bits per heavy atom. The predicted molar refractivity (Wildman–Crippen MR) is 113 cm³/mol. The standard InChI is InChI=1S/C21H17ClFN5O2/c1-28-19-5-3-14(30-15-6-7-25-13(8-15)10-20(24)29)11-18(19)27-21(28)26-12-2-4-17(23)16(22)9-12/h2-9,11H,10H2,1H3,(H2,24,29)(H,26,27). The van der Waals surface area contributed by atoms with Crippen LogP contribution in [0.2, 0.25) is 5.02 Å². The van der Waals surface area contributed by atoms with E-state index in [1.54, 1.807) is 30.5 Å². The zero-order chi connectivity index (χ0) is 21.3. The third-order valence-corrected chi connectivity index (χ3v) is 4.70. The summed E-state index contributed by atoms with van der Waals surface area (Å²) in [5, 5.41) is 3.16. The van der Waals surface area contributed by atoms with Crippen LogP contribution in [0, 0.1) is 5.82 Å². The summed E-state index contributed by atoms with van der Waals surface area (Å²) in [5.74, 6) is 0.739. The van der Waals surface area contributed by atoms with Crippen molar-refractivity contribution in [2.45, 2.75) is 6.42 Å². The molecule has 1 amide bonds. The van der Waals surface area contributed by atoms with Crippen molar-refractivity contribution in [3.63, 3.8) is 0 Å². The average molecular weight is 426 g/mol. The molecule has 0 bridgehead atoms. The highest BCUT2D eigenvalue weighted by molar-refractivity contribution is 6.31. The average Bonchev–Trinajstić information content (AvgIpc) is 2.99. The highest BCUT2D eigenvalue weighted by Gasteiger charge is 2.11. The number of anilines is 2. The quantitative estimate of drug-likeness (QED) is 0.479. The zero-order valence-corrected chi connectivity index (χ0v) is 16.7. The molecular formula is C21H17ClFN5O2. The number of rotatable bonds is 6. The van der Waals surface area contributed by atoms with E-state index in [4.69, 9.17) is 22.1 Å². The minimum absolute atomic E-state index is 0.0301. The summed E-state index contributed by atoms with van der Waals surface area (Å²) in [7, 11) is 1.86. The van der Waals surface area contributed by atoms with Gasteiger partial charge in [0.15, 0.2) is 0 Å². The summed E-state index contributed by atoms with van der Waals surface area (Å²) < 4.78 is 21.1. The minimum Gasteiger partial charge on any atom is -0.457 e. The number of pyridine rings is 1. The van der Waals surface area contributed by atoms with Gasteiger partial charge in [0.2, 0.25) is 11.9 Å². The molecule has 152 valence electrons. The van der Waals surface area contributed by atoms with Crippen LogP contribution >= 0.6 is 11.6 Å². The maximum atomic E-state index is 13.4. The van der Waals surface area contributed by atoms with Crippen molar-refractivity contribution in [1.29, 1.82) is 0 Å². The molecule has 0 saturated carbocycles. The number of nitrogens with two attached hydrogens (primary N) is 1. The van der Waals surface area contributed by atoms with Crippen LogP contribution in [0.15, 0.2) is 54.7 Å². The maximum Gasteiger partial charge on any atom is 0.223 e. The van der Waals surface area contributed by atoms with Gasteiger partial charge in [0, 0.05) is 31.1 Å². The number of hydrogen-bond donors (Lipinski definition) is 2. The highest BCUT2D eigenvalue weighted by atomic mass is 35.5. The second-order valence-corrected chi connectivity index (χ2v) is 7.03. The van der Waals surface area contributed by atoms with E-state index in [-0.39, 0.29) is 11.4 Å². The van der Waals surface area contributed by atoms with E-state index in [0.29, 0.717) is 34.3 Å². The Morgan fingerprint density at radius 1 is 1.20 bits per heavy atom. The Labute approximate surface area is 176 Å². The number of amides is 1. The summed E-state index contributed by atoms with van der Waals surface area (Å²) in [6.45, 7) is 0. The molecule has 0 aliphatic rings. The predicted octanol–water partition coefficient (Wildman–Crippen LogP) is 4.32. The summed E-state index contributed by atoms with van der Waals surface area (Å²) in [6, 6.07) is 13.2. The minimum atomic E-state index is -0.482. The van der Waals surface area contributed by atoms with Crippen molar-refractivity contribution < 1.29 is 13.9 Å². The van der Waals surface area contributed by atoms with Crippen LogP contribution in [0.5, 0.6) is 11.5 Å². The molecular weight excluding hydrogens is 409 g/mol. The van der Waals surface area contributed by atoms with Crippen LogP contribution in [0.1, 0.15) is 5.69 Å². The lowest BCUT2D eigenvalue weighted by Crippen LogP contribution is -2.14. The van der Waals surface area contributed by atoms with E-state index < -0.39 is 11.7 Å².